The third-order valence-electron chi connectivity index (χ3n) is 2.88. The van der Waals surface area contributed by atoms with Crippen LogP contribution >= 0.6 is 0 Å². The van der Waals surface area contributed by atoms with E-state index in [-0.39, 0.29) is 18.0 Å². The Labute approximate surface area is 89.9 Å². The van der Waals surface area contributed by atoms with Gasteiger partial charge in [-0.05, 0) is 19.4 Å². The largest absolute Gasteiger partial charge is 0.378 e. The molecule has 5 nitrogen and oxygen atoms in total. The van der Waals surface area contributed by atoms with Crippen LogP contribution in [0.2, 0.25) is 0 Å². The standard InChI is InChI=1S/C10H19N3O2/c14-10(9-7-15-5-4-12-9)13-8-2-1-3-11-6-8/h8-9,11-12H,1-7H2,(H,13,14). The van der Waals surface area contributed by atoms with Crippen molar-refractivity contribution >= 4 is 5.91 Å². The molecule has 0 aromatic rings. The molecule has 5 heteroatoms. The Hall–Kier alpha value is -0.650. The summed E-state index contributed by atoms with van der Waals surface area (Å²) in [6.07, 6.45) is 2.21. The molecule has 1 amide bonds. The number of amides is 1. The molecule has 86 valence electrons. The van der Waals surface area contributed by atoms with Gasteiger partial charge in [0, 0.05) is 19.1 Å². The second-order valence-corrected chi connectivity index (χ2v) is 4.13. The number of ether oxygens (including phenoxy) is 1. The molecule has 2 saturated heterocycles. The molecule has 15 heavy (non-hydrogen) atoms. The van der Waals surface area contributed by atoms with Gasteiger partial charge in [0.25, 0.3) is 0 Å². The normalized spacial score (nSPS) is 32.3. The van der Waals surface area contributed by atoms with Crippen molar-refractivity contribution in [2.45, 2.75) is 24.9 Å². The maximum atomic E-state index is 11.8. The van der Waals surface area contributed by atoms with Crippen molar-refractivity contribution in [2.75, 3.05) is 32.8 Å². The van der Waals surface area contributed by atoms with Crippen LogP contribution in [-0.4, -0.2) is 50.8 Å². The lowest BCUT2D eigenvalue weighted by Crippen LogP contribution is -2.55. The summed E-state index contributed by atoms with van der Waals surface area (Å²) in [6, 6.07) is 0.121. The summed E-state index contributed by atoms with van der Waals surface area (Å²) in [4.78, 5) is 11.8. The first-order valence-electron chi connectivity index (χ1n) is 5.68. The molecule has 2 rings (SSSR count). The average Bonchev–Trinajstić information content (AvgIpc) is 2.31. The second-order valence-electron chi connectivity index (χ2n) is 4.13. The predicted octanol–water partition coefficient (Wildman–Crippen LogP) is -1.16. The van der Waals surface area contributed by atoms with E-state index in [0.29, 0.717) is 13.2 Å². The van der Waals surface area contributed by atoms with Crippen LogP contribution < -0.4 is 16.0 Å². The maximum Gasteiger partial charge on any atom is 0.239 e. The number of hydrogen-bond donors (Lipinski definition) is 3. The van der Waals surface area contributed by atoms with Crippen molar-refractivity contribution in [1.82, 2.24) is 16.0 Å². The second kappa shape index (κ2) is 5.44. The first kappa shape index (κ1) is 10.9. The van der Waals surface area contributed by atoms with Gasteiger partial charge >= 0.3 is 0 Å². The number of hydrogen-bond acceptors (Lipinski definition) is 4. The summed E-state index contributed by atoms with van der Waals surface area (Å²) in [5, 5.41) is 9.47. The van der Waals surface area contributed by atoms with Gasteiger partial charge in [0.1, 0.15) is 6.04 Å². The third kappa shape index (κ3) is 3.15. The molecule has 2 aliphatic heterocycles. The minimum atomic E-state index is -0.166. The van der Waals surface area contributed by atoms with Gasteiger partial charge in [-0.1, -0.05) is 0 Å². The van der Waals surface area contributed by atoms with Crippen LogP contribution in [0.25, 0.3) is 0 Å². The summed E-state index contributed by atoms with van der Waals surface area (Å²) in [7, 11) is 0. The smallest absolute Gasteiger partial charge is 0.239 e. The van der Waals surface area contributed by atoms with Gasteiger partial charge in [0.15, 0.2) is 0 Å². The molecule has 2 fully saturated rings. The number of carbonyl (C=O) groups excluding carboxylic acids is 1. The Balaban J connectivity index is 1.74. The van der Waals surface area contributed by atoms with Crippen LogP contribution in [0.15, 0.2) is 0 Å². The highest BCUT2D eigenvalue weighted by atomic mass is 16.5. The fourth-order valence-electron chi connectivity index (χ4n) is 2.01. The van der Waals surface area contributed by atoms with E-state index in [4.69, 9.17) is 4.74 Å². The van der Waals surface area contributed by atoms with E-state index in [1.807, 2.05) is 0 Å². The fraction of sp³-hybridized carbons (Fsp3) is 0.900. The Morgan fingerprint density at radius 1 is 1.40 bits per heavy atom. The van der Waals surface area contributed by atoms with Gasteiger partial charge in [0.2, 0.25) is 5.91 Å². The molecule has 0 aromatic heterocycles. The van der Waals surface area contributed by atoms with Crippen LogP contribution in [-0.2, 0) is 9.53 Å². The number of nitrogens with one attached hydrogen (secondary N) is 3. The summed E-state index contributed by atoms with van der Waals surface area (Å²) < 4.78 is 5.25. The van der Waals surface area contributed by atoms with Crippen molar-refractivity contribution in [3.05, 3.63) is 0 Å². The predicted molar refractivity (Wildman–Crippen MR) is 56.6 cm³/mol. The van der Waals surface area contributed by atoms with E-state index in [2.05, 4.69) is 16.0 Å². The fourth-order valence-corrected chi connectivity index (χ4v) is 2.01. The zero-order valence-electron chi connectivity index (χ0n) is 8.92. The molecule has 3 N–H and O–H groups in total. The van der Waals surface area contributed by atoms with E-state index in [9.17, 15) is 4.79 Å². The van der Waals surface area contributed by atoms with Crippen LogP contribution in [0.4, 0.5) is 0 Å². The third-order valence-corrected chi connectivity index (χ3v) is 2.88. The zero-order valence-corrected chi connectivity index (χ0v) is 8.92. The molecule has 0 bridgehead atoms. The first-order valence-corrected chi connectivity index (χ1v) is 5.68. The molecule has 0 spiro atoms. The molecule has 2 unspecified atom stereocenters. The molecule has 0 radical (unpaired) electrons. The van der Waals surface area contributed by atoms with E-state index < -0.39 is 0 Å². The van der Waals surface area contributed by atoms with Crippen LogP contribution in [0.3, 0.4) is 0 Å². The molecule has 2 aliphatic rings. The molecular weight excluding hydrogens is 194 g/mol. The molecule has 0 saturated carbocycles. The first-order chi connectivity index (χ1) is 7.36. The van der Waals surface area contributed by atoms with Crippen molar-refractivity contribution in [3.63, 3.8) is 0 Å². The summed E-state index contributed by atoms with van der Waals surface area (Å²) in [5.41, 5.74) is 0. The minimum Gasteiger partial charge on any atom is -0.378 e. The van der Waals surface area contributed by atoms with Gasteiger partial charge < -0.3 is 20.7 Å². The van der Waals surface area contributed by atoms with Crippen LogP contribution in [0.5, 0.6) is 0 Å². The average molecular weight is 213 g/mol. The van der Waals surface area contributed by atoms with Crippen LogP contribution in [0, 0.1) is 0 Å². The van der Waals surface area contributed by atoms with Gasteiger partial charge in [-0.3, -0.25) is 4.79 Å². The number of piperidine rings is 1. The Bertz CT molecular complexity index is 211. The van der Waals surface area contributed by atoms with Crippen molar-refractivity contribution in [2.24, 2.45) is 0 Å². The topological polar surface area (TPSA) is 62.4 Å². The van der Waals surface area contributed by atoms with E-state index >= 15 is 0 Å². The van der Waals surface area contributed by atoms with Crippen molar-refractivity contribution < 1.29 is 9.53 Å². The highest BCUT2D eigenvalue weighted by molar-refractivity contribution is 5.82. The van der Waals surface area contributed by atoms with Crippen molar-refractivity contribution in [3.8, 4) is 0 Å². The monoisotopic (exact) mass is 213 g/mol. The zero-order chi connectivity index (χ0) is 10.5. The highest BCUT2D eigenvalue weighted by Crippen LogP contribution is 2.02. The number of morpholine rings is 1. The lowest BCUT2D eigenvalue weighted by Gasteiger charge is -2.28. The number of carbonyl (C=O) groups is 1. The Kier molecular flexibility index (Phi) is 3.94. The van der Waals surface area contributed by atoms with Gasteiger partial charge in [-0.15, -0.1) is 0 Å². The maximum absolute atomic E-state index is 11.8. The molecule has 0 aromatic carbocycles. The van der Waals surface area contributed by atoms with E-state index in [0.717, 1.165) is 32.5 Å². The van der Waals surface area contributed by atoms with Gasteiger partial charge in [-0.25, -0.2) is 0 Å². The molecule has 2 heterocycles. The quantitative estimate of drug-likeness (QED) is 0.541. The molecule has 0 aliphatic carbocycles. The highest BCUT2D eigenvalue weighted by Gasteiger charge is 2.24. The van der Waals surface area contributed by atoms with Gasteiger partial charge in [-0.2, -0.15) is 0 Å². The number of rotatable bonds is 2. The summed E-state index contributed by atoms with van der Waals surface area (Å²) in [6.45, 7) is 3.91. The lowest BCUT2D eigenvalue weighted by molar-refractivity contribution is -0.126. The minimum absolute atomic E-state index is 0.0726. The lowest BCUT2D eigenvalue weighted by atomic mass is 10.1. The van der Waals surface area contributed by atoms with Crippen LogP contribution in [0.1, 0.15) is 12.8 Å². The Morgan fingerprint density at radius 2 is 2.33 bits per heavy atom. The van der Waals surface area contributed by atoms with Crippen molar-refractivity contribution in [1.29, 1.82) is 0 Å². The van der Waals surface area contributed by atoms with E-state index in [1.165, 1.54) is 0 Å². The summed E-state index contributed by atoms with van der Waals surface area (Å²) >= 11 is 0. The summed E-state index contributed by atoms with van der Waals surface area (Å²) in [5.74, 6) is 0.0726. The van der Waals surface area contributed by atoms with Gasteiger partial charge in [0.05, 0.1) is 13.2 Å². The molecular formula is C10H19N3O2. The molecule has 2 atom stereocenters. The Morgan fingerprint density at radius 3 is 3.00 bits per heavy atom. The van der Waals surface area contributed by atoms with E-state index in [1.54, 1.807) is 0 Å². The SMILES string of the molecule is O=C(NC1CCCNC1)C1COCCN1.